The third kappa shape index (κ3) is 2.56. The van der Waals surface area contributed by atoms with Gasteiger partial charge in [0.15, 0.2) is 6.04 Å². The molecule has 0 aromatic heterocycles. The van der Waals surface area contributed by atoms with Crippen molar-refractivity contribution in [2.75, 3.05) is 0 Å². The van der Waals surface area contributed by atoms with Crippen LogP contribution in [0.25, 0.3) is 0 Å². The lowest BCUT2D eigenvalue weighted by Crippen LogP contribution is -2.35. The van der Waals surface area contributed by atoms with E-state index in [1.54, 1.807) is 6.07 Å². The van der Waals surface area contributed by atoms with E-state index in [4.69, 9.17) is 0 Å². The molecule has 0 saturated heterocycles. The number of aryl methyl sites for hydroxylation is 1. The van der Waals surface area contributed by atoms with E-state index in [1.165, 1.54) is 4.90 Å². The minimum absolute atomic E-state index is 0.0665. The van der Waals surface area contributed by atoms with Crippen molar-refractivity contribution >= 4 is 28.3 Å². The van der Waals surface area contributed by atoms with Crippen molar-refractivity contribution in [2.45, 2.75) is 31.8 Å². The largest absolute Gasteiger partial charge is 0.479 e. The first-order valence-corrected chi connectivity index (χ1v) is 6.55. The molecule has 1 amide bonds. The topological polar surface area (TPSA) is 57.6 Å². The lowest BCUT2D eigenvalue weighted by atomic mass is 10.0. The Morgan fingerprint density at radius 1 is 1.56 bits per heavy atom. The van der Waals surface area contributed by atoms with E-state index in [-0.39, 0.29) is 6.04 Å². The van der Waals surface area contributed by atoms with Crippen molar-refractivity contribution in [3.05, 3.63) is 33.8 Å². The molecule has 1 aromatic carbocycles. The Hall–Kier alpha value is -1.36. The van der Waals surface area contributed by atoms with E-state index in [9.17, 15) is 14.7 Å². The molecule has 1 N–H and O–H groups in total. The summed E-state index contributed by atoms with van der Waals surface area (Å²) in [5.41, 5.74) is 1.66. The third-order valence-electron chi connectivity index (χ3n) is 3.07. The number of carbonyl (C=O) groups excluding carboxylic acids is 1. The maximum Gasteiger partial charge on any atom is 0.331 e. The standard InChI is InChI=1S/C13H14BrNO3/c1-8-2-5-10(11(14)6-8)12(13(17)18)15(7-16)9-3-4-9/h2,5-7,9,12H,3-4H2,1H3,(H,17,18). The van der Waals surface area contributed by atoms with Gasteiger partial charge in [-0.3, -0.25) is 4.79 Å². The van der Waals surface area contributed by atoms with Crippen molar-refractivity contribution in [3.63, 3.8) is 0 Å². The van der Waals surface area contributed by atoms with E-state index in [0.717, 1.165) is 22.9 Å². The van der Waals surface area contributed by atoms with Crippen LogP contribution in [0.5, 0.6) is 0 Å². The number of carbonyl (C=O) groups is 2. The van der Waals surface area contributed by atoms with Crippen molar-refractivity contribution in [3.8, 4) is 0 Å². The maximum atomic E-state index is 11.4. The Bertz CT molecular complexity index is 485. The molecule has 0 spiro atoms. The van der Waals surface area contributed by atoms with Crippen LogP contribution in [0, 0.1) is 6.92 Å². The number of rotatable bonds is 5. The minimum atomic E-state index is -1.00. The van der Waals surface area contributed by atoms with Gasteiger partial charge in [0.25, 0.3) is 0 Å². The molecule has 1 unspecified atom stereocenters. The maximum absolute atomic E-state index is 11.4. The number of benzene rings is 1. The van der Waals surface area contributed by atoms with Crippen LogP contribution in [0.1, 0.15) is 30.0 Å². The fourth-order valence-electron chi connectivity index (χ4n) is 2.01. The van der Waals surface area contributed by atoms with Crippen LogP contribution >= 0.6 is 15.9 Å². The zero-order valence-electron chi connectivity index (χ0n) is 9.97. The van der Waals surface area contributed by atoms with Gasteiger partial charge in [-0.05, 0) is 31.4 Å². The van der Waals surface area contributed by atoms with Crippen LogP contribution in [0.2, 0.25) is 0 Å². The molecule has 1 saturated carbocycles. The number of amides is 1. The highest BCUT2D eigenvalue weighted by atomic mass is 79.9. The van der Waals surface area contributed by atoms with Gasteiger partial charge in [0.05, 0.1) is 0 Å². The van der Waals surface area contributed by atoms with E-state index in [0.29, 0.717) is 12.0 Å². The summed E-state index contributed by atoms with van der Waals surface area (Å²) < 4.78 is 0.724. The zero-order chi connectivity index (χ0) is 13.3. The highest BCUT2D eigenvalue weighted by Gasteiger charge is 2.38. The zero-order valence-corrected chi connectivity index (χ0v) is 11.6. The van der Waals surface area contributed by atoms with Crippen LogP contribution in [-0.2, 0) is 9.59 Å². The van der Waals surface area contributed by atoms with E-state index in [1.807, 2.05) is 19.1 Å². The molecule has 0 heterocycles. The molecule has 1 aliphatic rings. The van der Waals surface area contributed by atoms with Gasteiger partial charge in [-0.1, -0.05) is 28.1 Å². The van der Waals surface area contributed by atoms with Crippen molar-refractivity contribution in [1.29, 1.82) is 0 Å². The lowest BCUT2D eigenvalue weighted by Gasteiger charge is -2.26. The van der Waals surface area contributed by atoms with Crippen molar-refractivity contribution in [1.82, 2.24) is 4.90 Å². The number of hydrogen-bond acceptors (Lipinski definition) is 2. The molecule has 1 atom stereocenters. The van der Waals surface area contributed by atoms with Gasteiger partial charge in [-0.2, -0.15) is 0 Å². The highest BCUT2D eigenvalue weighted by molar-refractivity contribution is 9.10. The molecule has 1 aromatic rings. The van der Waals surface area contributed by atoms with E-state index < -0.39 is 12.0 Å². The smallest absolute Gasteiger partial charge is 0.331 e. The lowest BCUT2D eigenvalue weighted by molar-refractivity contribution is -0.147. The van der Waals surface area contributed by atoms with Gasteiger partial charge in [-0.25, -0.2) is 4.79 Å². The van der Waals surface area contributed by atoms with Crippen LogP contribution in [0.4, 0.5) is 0 Å². The Morgan fingerprint density at radius 2 is 2.22 bits per heavy atom. The number of hydrogen-bond donors (Lipinski definition) is 1. The second-order valence-corrected chi connectivity index (χ2v) is 5.40. The number of nitrogens with zero attached hydrogens (tertiary/aromatic N) is 1. The first kappa shape index (κ1) is 13.1. The second kappa shape index (κ2) is 5.10. The average molecular weight is 312 g/mol. The molecule has 0 bridgehead atoms. The number of halogens is 1. The Labute approximate surface area is 114 Å². The van der Waals surface area contributed by atoms with E-state index >= 15 is 0 Å². The highest BCUT2D eigenvalue weighted by Crippen LogP contribution is 2.36. The summed E-state index contributed by atoms with van der Waals surface area (Å²) in [6.07, 6.45) is 2.40. The summed E-state index contributed by atoms with van der Waals surface area (Å²) in [6, 6.07) is 4.63. The molecule has 4 nitrogen and oxygen atoms in total. The normalized spacial score (nSPS) is 16.1. The minimum Gasteiger partial charge on any atom is -0.479 e. The summed E-state index contributed by atoms with van der Waals surface area (Å²) in [7, 11) is 0. The SMILES string of the molecule is Cc1ccc(C(C(=O)O)N(C=O)C2CC2)c(Br)c1. The van der Waals surface area contributed by atoms with Crippen LogP contribution in [-0.4, -0.2) is 28.4 Å². The van der Waals surface area contributed by atoms with Crippen LogP contribution in [0.15, 0.2) is 22.7 Å². The molecular formula is C13H14BrNO3. The van der Waals surface area contributed by atoms with Gasteiger partial charge in [0.2, 0.25) is 6.41 Å². The summed E-state index contributed by atoms with van der Waals surface area (Å²) in [5.74, 6) is -1.00. The fourth-order valence-corrected chi connectivity index (χ4v) is 2.72. The average Bonchev–Trinajstić information content (AvgIpc) is 3.10. The summed E-state index contributed by atoms with van der Waals surface area (Å²) in [4.78, 5) is 24.0. The summed E-state index contributed by atoms with van der Waals surface area (Å²) in [5, 5.41) is 9.38. The monoisotopic (exact) mass is 311 g/mol. The number of aliphatic carboxylic acids is 1. The molecular weight excluding hydrogens is 298 g/mol. The Morgan fingerprint density at radius 3 is 2.67 bits per heavy atom. The number of carboxylic acid groups (broad SMARTS) is 1. The molecule has 18 heavy (non-hydrogen) atoms. The fraction of sp³-hybridized carbons (Fsp3) is 0.385. The van der Waals surface area contributed by atoms with E-state index in [2.05, 4.69) is 15.9 Å². The molecule has 96 valence electrons. The predicted octanol–water partition coefficient (Wildman–Crippen LogP) is 2.50. The van der Waals surface area contributed by atoms with Gasteiger partial charge in [0.1, 0.15) is 0 Å². The first-order valence-electron chi connectivity index (χ1n) is 5.76. The number of carboxylic acids is 1. The first-order chi connectivity index (χ1) is 8.54. The molecule has 1 fully saturated rings. The van der Waals surface area contributed by atoms with Gasteiger partial charge < -0.3 is 10.0 Å². The summed E-state index contributed by atoms with van der Waals surface area (Å²) in [6.45, 7) is 1.93. The van der Waals surface area contributed by atoms with Gasteiger partial charge >= 0.3 is 5.97 Å². The predicted molar refractivity (Wildman–Crippen MR) is 70.2 cm³/mol. The third-order valence-corrected chi connectivity index (χ3v) is 3.76. The van der Waals surface area contributed by atoms with Crippen LogP contribution < -0.4 is 0 Å². The quantitative estimate of drug-likeness (QED) is 0.850. The molecule has 0 aliphatic heterocycles. The molecule has 1 aliphatic carbocycles. The second-order valence-electron chi connectivity index (χ2n) is 4.55. The van der Waals surface area contributed by atoms with Gasteiger partial charge in [-0.15, -0.1) is 0 Å². The Balaban J connectivity index is 2.40. The molecule has 0 radical (unpaired) electrons. The molecule has 2 rings (SSSR count). The van der Waals surface area contributed by atoms with Crippen LogP contribution in [0.3, 0.4) is 0 Å². The Kier molecular flexibility index (Phi) is 3.71. The van der Waals surface area contributed by atoms with Crippen molar-refractivity contribution in [2.24, 2.45) is 0 Å². The molecule has 5 heteroatoms. The van der Waals surface area contributed by atoms with Gasteiger partial charge in [0, 0.05) is 16.1 Å². The summed E-state index contributed by atoms with van der Waals surface area (Å²) >= 11 is 3.38. The van der Waals surface area contributed by atoms with Crippen molar-refractivity contribution < 1.29 is 14.7 Å².